The van der Waals surface area contributed by atoms with Gasteiger partial charge in [-0.3, -0.25) is 25.5 Å². The SMILES string of the molecule is Cc1nc(-c2c(O)n3n(c2=O)CCOCC3)[c-]s1.[Y]. The third-order valence-electron chi connectivity index (χ3n) is 2.90. The van der Waals surface area contributed by atoms with Crippen molar-refractivity contribution >= 4 is 11.3 Å². The van der Waals surface area contributed by atoms with Crippen molar-refractivity contribution in [3.05, 3.63) is 20.7 Å². The van der Waals surface area contributed by atoms with E-state index in [-0.39, 0.29) is 49.7 Å². The summed E-state index contributed by atoms with van der Waals surface area (Å²) >= 11 is 1.34. The number of hydrogen-bond donors (Lipinski definition) is 1. The molecule has 3 rings (SSSR count). The number of nitrogens with zero attached hydrogens (tertiary/aromatic N) is 3. The number of thiazole rings is 1. The van der Waals surface area contributed by atoms with Crippen LogP contribution in [0.25, 0.3) is 11.3 Å². The van der Waals surface area contributed by atoms with E-state index in [1.165, 1.54) is 16.0 Å². The molecule has 99 valence electrons. The van der Waals surface area contributed by atoms with Crippen LogP contribution in [0, 0.1) is 12.3 Å². The quantitative estimate of drug-likeness (QED) is 0.762. The summed E-state index contributed by atoms with van der Waals surface area (Å²) in [5.74, 6) is -0.0490. The first-order valence-electron chi connectivity index (χ1n) is 5.64. The van der Waals surface area contributed by atoms with Gasteiger partial charge in [-0.2, -0.15) is 0 Å². The standard InChI is InChI=1S/C11H12N3O3S.Y/c1-7-12-8(6-18-7)9-10(15)13-2-4-17-5-3-14(13)11(9)16;/h15H,2-5H2,1H3;/q-1;. The smallest absolute Gasteiger partial charge is 0.225 e. The van der Waals surface area contributed by atoms with Crippen molar-refractivity contribution in [3.8, 4) is 17.1 Å². The topological polar surface area (TPSA) is 69.3 Å². The Morgan fingerprint density at radius 2 is 2.05 bits per heavy atom. The molecule has 0 aliphatic carbocycles. The molecule has 0 bridgehead atoms. The van der Waals surface area contributed by atoms with Crippen LogP contribution in [0.4, 0.5) is 0 Å². The van der Waals surface area contributed by atoms with Crippen LogP contribution in [0.1, 0.15) is 5.01 Å². The van der Waals surface area contributed by atoms with Crippen molar-refractivity contribution in [3.63, 3.8) is 0 Å². The maximum absolute atomic E-state index is 12.3. The Morgan fingerprint density at radius 3 is 2.68 bits per heavy atom. The molecule has 3 heterocycles. The second kappa shape index (κ2) is 5.87. The summed E-state index contributed by atoms with van der Waals surface area (Å²) in [7, 11) is 0. The monoisotopic (exact) mass is 355 g/mol. The van der Waals surface area contributed by atoms with Crippen molar-refractivity contribution in [1.82, 2.24) is 14.3 Å². The van der Waals surface area contributed by atoms with E-state index in [4.69, 9.17) is 4.74 Å². The fourth-order valence-corrected chi connectivity index (χ4v) is 2.60. The third-order valence-corrected chi connectivity index (χ3v) is 3.59. The average molecular weight is 355 g/mol. The number of aromatic nitrogens is 3. The molecule has 0 saturated carbocycles. The van der Waals surface area contributed by atoms with Gasteiger partial charge in [0.05, 0.1) is 26.3 Å². The van der Waals surface area contributed by atoms with Gasteiger partial charge in [0, 0.05) is 38.3 Å². The molecule has 1 N–H and O–H groups in total. The maximum Gasteiger partial charge on any atom is 0.225 e. The van der Waals surface area contributed by atoms with E-state index in [0.29, 0.717) is 32.0 Å². The maximum atomic E-state index is 12.3. The molecule has 1 radical (unpaired) electrons. The number of aryl methyl sites for hydroxylation is 1. The number of rotatable bonds is 1. The van der Waals surface area contributed by atoms with Crippen LogP contribution in [0.5, 0.6) is 5.88 Å². The van der Waals surface area contributed by atoms with Gasteiger partial charge in [0.25, 0.3) is 0 Å². The Bertz CT molecular complexity index is 646. The summed E-state index contributed by atoms with van der Waals surface area (Å²) in [6.07, 6.45) is 0. The van der Waals surface area contributed by atoms with E-state index in [9.17, 15) is 9.90 Å². The largest absolute Gasteiger partial charge is 0.502 e. The number of ether oxygens (including phenoxy) is 1. The number of hydrogen-bond acceptors (Lipinski definition) is 5. The molecule has 2 aromatic heterocycles. The van der Waals surface area contributed by atoms with Gasteiger partial charge in [0.2, 0.25) is 5.56 Å². The summed E-state index contributed by atoms with van der Waals surface area (Å²) in [4.78, 5) is 16.5. The molecule has 0 atom stereocenters. The average Bonchev–Trinajstić information content (AvgIpc) is 2.75. The van der Waals surface area contributed by atoms with Crippen LogP contribution in [-0.4, -0.2) is 32.7 Å². The molecule has 0 saturated heterocycles. The number of aromatic hydroxyl groups is 1. The molecule has 0 unspecified atom stereocenters. The first-order valence-corrected chi connectivity index (χ1v) is 6.46. The summed E-state index contributed by atoms with van der Waals surface area (Å²) in [5.41, 5.74) is 0.426. The van der Waals surface area contributed by atoms with Gasteiger partial charge in [-0.15, -0.1) is 0 Å². The van der Waals surface area contributed by atoms with Crippen LogP contribution < -0.4 is 5.56 Å². The first kappa shape index (κ1) is 14.9. The second-order valence-corrected chi connectivity index (χ2v) is 5.05. The van der Waals surface area contributed by atoms with Crippen LogP contribution >= 0.6 is 11.3 Å². The van der Waals surface area contributed by atoms with Crippen molar-refractivity contribution < 1.29 is 42.6 Å². The molecule has 0 fully saturated rings. The fraction of sp³-hybridized carbons (Fsp3) is 0.455. The van der Waals surface area contributed by atoms with E-state index < -0.39 is 0 Å². The van der Waals surface area contributed by atoms with E-state index in [1.807, 2.05) is 6.92 Å². The van der Waals surface area contributed by atoms with Crippen LogP contribution in [0.3, 0.4) is 0 Å². The predicted octanol–water partition coefficient (Wildman–Crippen LogP) is 0.615. The first-order chi connectivity index (χ1) is 8.68. The summed E-state index contributed by atoms with van der Waals surface area (Å²) in [5, 5.41) is 13.9. The minimum atomic E-state index is -0.237. The molecule has 6 nitrogen and oxygen atoms in total. The molecule has 19 heavy (non-hydrogen) atoms. The Kier molecular flexibility index (Phi) is 4.60. The summed E-state index contributed by atoms with van der Waals surface area (Å²) in [6, 6.07) is 0. The molecule has 0 spiro atoms. The Balaban J connectivity index is 0.00000133. The normalized spacial score (nSPS) is 14.6. The van der Waals surface area contributed by atoms with Gasteiger partial charge in [0.1, 0.15) is 0 Å². The Morgan fingerprint density at radius 1 is 1.37 bits per heavy atom. The molecule has 0 amide bonds. The van der Waals surface area contributed by atoms with Gasteiger partial charge in [-0.1, -0.05) is 12.3 Å². The molecule has 1 aliphatic rings. The van der Waals surface area contributed by atoms with Gasteiger partial charge in [-0.25, -0.2) is 0 Å². The summed E-state index contributed by atoms with van der Waals surface area (Å²) in [6.45, 7) is 3.71. The Labute approximate surface area is 138 Å². The molecular formula is C11H12N3O3SY-. The molecule has 8 heteroatoms. The second-order valence-electron chi connectivity index (χ2n) is 4.05. The number of fused-ring (bicyclic) bond motifs is 1. The Hall–Kier alpha value is -0.496. The van der Waals surface area contributed by atoms with E-state index in [0.717, 1.165) is 5.01 Å². The predicted molar refractivity (Wildman–Crippen MR) is 65.9 cm³/mol. The minimum absolute atomic E-state index is 0. The van der Waals surface area contributed by atoms with Crippen LogP contribution in [0.15, 0.2) is 4.79 Å². The fourth-order valence-electron chi connectivity index (χ4n) is 2.07. The minimum Gasteiger partial charge on any atom is -0.502 e. The van der Waals surface area contributed by atoms with Crippen LogP contribution in [0.2, 0.25) is 0 Å². The summed E-state index contributed by atoms with van der Waals surface area (Å²) < 4.78 is 8.33. The van der Waals surface area contributed by atoms with Crippen molar-refractivity contribution in [2.75, 3.05) is 13.2 Å². The van der Waals surface area contributed by atoms with E-state index in [1.54, 1.807) is 4.68 Å². The molecule has 1 aliphatic heterocycles. The van der Waals surface area contributed by atoms with Crippen molar-refractivity contribution in [2.24, 2.45) is 0 Å². The van der Waals surface area contributed by atoms with Crippen molar-refractivity contribution in [1.29, 1.82) is 0 Å². The van der Waals surface area contributed by atoms with E-state index >= 15 is 0 Å². The van der Waals surface area contributed by atoms with Crippen molar-refractivity contribution in [2.45, 2.75) is 20.0 Å². The van der Waals surface area contributed by atoms with Gasteiger partial charge >= 0.3 is 0 Å². The zero-order chi connectivity index (χ0) is 12.7. The molecule has 2 aromatic rings. The van der Waals surface area contributed by atoms with Gasteiger partial charge < -0.3 is 14.8 Å². The van der Waals surface area contributed by atoms with Gasteiger partial charge in [-0.05, 0) is 10.7 Å². The van der Waals surface area contributed by atoms with Gasteiger partial charge in [0.15, 0.2) is 5.88 Å². The zero-order valence-electron chi connectivity index (χ0n) is 10.4. The molecular weight excluding hydrogens is 343 g/mol. The zero-order valence-corrected chi connectivity index (χ0v) is 14.1. The molecule has 0 aromatic carbocycles. The third kappa shape index (κ3) is 2.56. The van der Waals surface area contributed by atoms with E-state index in [2.05, 4.69) is 10.4 Å². The van der Waals surface area contributed by atoms with Crippen LogP contribution in [-0.2, 0) is 50.5 Å².